The third kappa shape index (κ3) is 3.89. The SMILES string of the molecule is C#CCn1c(=NC(=O)c2ccc(S(=O)(=O)N3CCCC3)cc2)sc2c3ccccc3ccc21. The second-order valence-electron chi connectivity index (χ2n) is 7.86. The van der Waals surface area contributed by atoms with Gasteiger partial charge in [-0.3, -0.25) is 4.79 Å². The quantitative estimate of drug-likeness (QED) is 0.419. The maximum absolute atomic E-state index is 12.9. The summed E-state index contributed by atoms with van der Waals surface area (Å²) in [6.07, 6.45) is 7.33. The molecule has 1 aromatic heterocycles. The zero-order valence-corrected chi connectivity index (χ0v) is 19.4. The fourth-order valence-corrected chi connectivity index (χ4v) is 6.81. The molecule has 0 spiro atoms. The predicted octanol–water partition coefficient (Wildman–Crippen LogP) is 4.01. The number of aromatic nitrogens is 1. The molecule has 0 saturated carbocycles. The van der Waals surface area contributed by atoms with Crippen molar-refractivity contribution in [3.63, 3.8) is 0 Å². The number of terminal acetylenes is 1. The van der Waals surface area contributed by atoms with Gasteiger partial charge in [0.1, 0.15) is 0 Å². The van der Waals surface area contributed by atoms with Gasteiger partial charge in [0.15, 0.2) is 4.80 Å². The number of benzene rings is 3. The van der Waals surface area contributed by atoms with E-state index in [4.69, 9.17) is 6.42 Å². The molecule has 0 atom stereocenters. The van der Waals surface area contributed by atoms with Gasteiger partial charge in [0.05, 0.1) is 21.7 Å². The topological polar surface area (TPSA) is 71.7 Å². The van der Waals surface area contributed by atoms with E-state index < -0.39 is 15.9 Å². The van der Waals surface area contributed by atoms with Crippen LogP contribution in [0.15, 0.2) is 70.6 Å². The predicted molar refractivity (Wildman–Crippen MR) is 130 cm³/mol. The highest BCUT2D eigenvalue weighted by atomic mass is 32.2. The van der Waals surface area contributed by atoms with E-state index in [0.717, 1.165) is 33.8 Å². The zero-order valence-electron chi connectivity index (χ0n) is 17.8. The van der Waals surface area contributed by atoms with Crippen molar-refractivity contribution >= 4 is 48.3 Å². The summed E-state index contributed by atoms with van der Waals surface area (Å²) in [6.45, 7) is 1.36. The van der Waals surface area contributed by atoms with Gasteiger partial charge in [-0.2, -0.15) is 9.30 Å². The van der Waals surface area contributed by atoms with E-state index >= 15 is 0 Å². The van der Waals surface area contributed by atoms with Crippen LogP contribution in [0.3, 0.4) is 0 Å². The zero-order chi connectivity index (χ0) is 23.0. The highest BCUT2D eigenvalue weighted by Crippen LogP contribution is 2.28. The Morgan fingerprint density at radius 2 is 1.76 bits per heavy atom. The van der Waals surface area contributed by atoms with E-state index in [0.29, 0.717) is 23.5 Å². The first-order valence-corrected chi connectivity index (χ1v) is 12.9. The van der Waals surface area contributed by atoms with Gasteiger partial charge in [-0.05, 0) is 48.6 Å². The van der Waals surface area contributed by atoms with Crippen LogP contribution in [0, 0.1) is 12.3 Å². The Labute approximate surface area is 195 Å². The molecule has 4 aromatic rings. The molecule has 8 heteroatoms. The minimum atomic E-state index is -3.53. The van der Waals surface area contributed by atoms with E-state index in [1.807, 2.05) is 41.0 Å². The molecular formula is C25H21N3O3S2. The van der Waals surface area contributed by atoms with Crippen molar-refractivity contribution < 1.29 is 13.2 Å². The monoisotopic (exact) mass is 475 g/mol. The van der Waals surface area contributed by atoms with E-state index in [1.54, 1.807) is 0 Å². The van der Waals surface area contributed by atoms with Crippen LogP contribution in [0.25, 0.3) is 21.0 Å². The molecule has 1 aliphatic heterocycles. The van der Waals surface area contributed by atoms with Crippen molar-refractivity contribution in [1.82, 2.24) is 8.87 Å². The highest BCUT2D eigenvalue weighted by molar-refractivity contribution is 7.89. The van der Waals surface area contributed by atoms with Crippen LogP contribution in [0.1, 0.15) is 23.2 Å². The number of carbonyl (C=O) groups excluding carboxylic acids is 1. The van der Waals surface area contributed by atoms with Crippen molar-refractivity contribution in [3.05, 3.63) is 71.0 Å². The maximum atomic E-state index is 12.9. The normalized spacial score (nSPS) is 15.3. The lowest BCUT2D eigenvalue weighted by Crippen LogP contribution is -2.27. The molecule has 1 amide bonds. The Morgan fingerprint density at radius 3 is 2.48 bits per heavy atom. The molecule has 0 N–H and O–H groups in total. The van der Waals surface area contributed by atoms with Gasteiger partial charge in [-0.15, -0.1) is 6.42 Å². The number of amides is 1. The number of sulfonamides is 1. The maximum Gasteiger partial charge on any atom is 0.279 e. The summed E-state index contributed by atoms with van der Waals surface area (Å²) in [5.74, 6) is 2.20. The van der Waals surface area contributed by atoms with Gasteiger partial charge >= 0.3 is 0 Å². The summed E-state index contributed by atoms with van der Waals surface area (Å²) in [6, 6.07) is 18.1. The Morgan fingerprint density at radius 1 is 1.03 bits per heavy atom. The van der Waals surface area contributed by atoms with Crippen molar-refractivity contribution in [2.75, 3.05) is 13.1 Å². The molecule has 0 radical (unpaired) electrons. The molecule has 0 bridgehead atoms. The second kappa shape index (κ2) is 8.60. The van der Waals surface area contributed by atoms with Crippen LogP contribution in [0.5, 0.6) is 0 Å². The molecule has 33 heavy (non-hydrogen) atoms. The lowest BCUT2D eigenvalue weighted by molar-refractivity contribution is 0.0998. The Kier molecular flexibility index (Phi) is 5.62. The second-order valence-corrected chi connectivity index (χ2v) is 10.8. The average Bonchev–Trinajstić information content (AvgIpc) is 3.49. The third-order valence-corrected chi connectivity index (χ3v) is 8.86. The number of fused-ring (bicyclic) bond motifs is 3. The smallest absolute Gasteiger partial charge is 0.279 e. The minimum absolute atomic E-state index is 0.191. The van der Waals surface area contributed by atoms with Crippen LogP contribution in [0.4, 0.5) is 0 Å². The molecule has 166 valence electrons. The Balaban J connectivity index is 1.54. The number of nitrogens with zero attached hydrogens (tertiary/aromatic N) is 3. The lowest BCUT2D eigenvalue weighted by Gasteiger charge is -2.15. The van der Waals surface area contributed by atoms with Crippen LogP contribution >= 0.6 is 11.3 Å². The molecule has 2 heterocycles. The number of carbonyl (C=O) groups is 1. The molecular weight excluding hydrogens is 454 g/mol. The first-order chi connectivity index (χ1) is 16.0. The molecule has 1 fully saturated rings. The van der Waals surface area contributed by atoms with E-state index in [9.17, 15) is 13.2 Å². The number of hydrogen-bond acceptors (Lipinski definition) is 4. The van der Waals surface area contributed by atoms with Crippen molar-refractivity contribution in [1.29, 1.82) is 0 Å². The minimum Gasteiger partial charge on any atom is -0.305 e. The van der Waals surface area contributed by atoms with E-state index in [2.05, 4.69) is 10.9 Å². The van der Waals surface area contributed by atoms with Crippen molar-refractivity contribution in [3.8, 4) is 12.3 Å². The fraction of sp³-hybridized carbons (Fsp3) is 0.200. The summed E-state index contributed by atoms with van der Waals surface area (Å²) < 4.78 is 29.8. The first-order valence-electron chi connectivity index (χ1n) is 10.6. The largest absolute Gasteiger partial charge is 0.305 e. The van der Waals surface area contributed by atoms with Gasteiger partial charge in [0, 0.05) is 24.0 Å². The standard InChI is InChI=1S/C25H21N3O3S2/c1-2-15-28-22-14-11-18-7-3-4-8-21(18)23(22)32-25(28)26-24(29)19-9-12-20(13-10-19)33(30,31)27-16-5-6-17-27/h1,3-4,7-14H,5-6,15-17H2. The highest BCUT2D eigenvalue weighted by Gasteiger charge is 2.27. The summed E-state index contributed by atoms with van der Waals surface area (Å²) >= 11 is 1.42. The third-order valence-electron chi connectivity index (χ3n) is 5.82. The number of thiazole rings is 1. The van der Waals surface area contributed by atoms with Crippen LogP contribution in [0.2, 0.25) is 0 Å². The summed E-state index contributed by atoms with van der Waals surface area (Å²) in [7, 11) is -3.53. The molecule has 1 aliphatic rings. The van der Waals surface area contributed by atoms with Crippen LogP contribution in [-0.2, 0) is 16.6 Å². The Hall–Kier alpha value is -3.25. The van der Waals surface area contributed by atoms with Crippen LogP contribution in [-0.4, -0.2) is 36.3 Å². The van der Waals surface area contributed by atoms with Gasteiger partial charge in [-0.25, -0.2) is 8.42 Å². The first kappa shape index (κ1) is 21.6. The van der Waals surface area contributed by atoms with Crippen molar-refractivity contribution in [2.24, 2.45) is 4.99 Å². The lowest BCUT2D eigenvalue weighted by atomic mass is 10.1. The van der Waals surface area contributed by atoms with E-state index in [-0.39, 0.29) is 11.4 Å². The number of rotatable bonds is 4. The van der Waals surface area contributed by atoms with E-state index in [1.165, 1.54) is 39.9 Å². The van der Waals surface area contributed by atoms with Gasteiger partial charge in [0.25, 0.3) is 5.91 Å². The number of hydrogen-bond donors (Lipinski definition) is 0. The average molecular weight is 476 g/mol. The molecule has 3 aromatic carbocycles. The van der Waals surface area contributed by atoms with Crippen molar-refractivity contribution in [2.45, 2.75) is 24.3 Å². The van der Waals surface area contributed by atoms with Gasteiger partial charge < -0.3 is 4.57 Å². The van der Waals surface area contributed by atoms with Crippen LogP contribution < -0.4 is 4.80 Å². The van der Waals surface area contributed by atoms with Gasteiger partial charge in [0.2, 0.25) is 10.0 Å². The summed E-state index contributed by atoms with van der Waals surface area (Å²) in [5.41, 5.74) is 1.25. The molecule has 0 aliphatic carbocycles. The summed E-state index contributed by atoms with van der Waals surface area (Å²) in [4.78, 5) is 18.0. The Bertz CT molecular complexity index is 1580. The molecule has 6 nitrogen and oxygen atoms in total. The van der Waals surface area contributed by atoms with Gasteiger partial charge in [-0.1, -0.05) is 47.6 Å². The molecule has 0 unspecified atom stereocenters. The fourth-order valence-electron chi connectivity index (χ4n) is 4.13. The molecule has 5 rings (SSSR count). The summed E-state index contributed by atoms with van der Waals surface area (Å²) in [5, 5.41) is 2.18. The molecule has 1 saturated heterocycles.